The molecule has 0 N–H and O–H groups in total. The molecule has 1 heterocycles. The number of hydrogen-bond acceptors (Lipinski definition) is 3. The third-order valence-corrected chi connectivity index (χ3v) is 5.76. The van der Waals surface area contributed by atoms with Gasteiger partial charge in [-0.15, -0.1) is 22.9 Å². The standard InChI is InChI=1S/C8H11BrClNO2S2/c1-6-7(5-8(9)14-6)15(12,13)11(2)4-3-10/h5H,3-4H2,1-2H3. The van der Waals surface area contributed by atoms with E-state index in [0.717, 1.165) is 8.66 Å². The number of alkyl halides is 1. The first-order valence-corrected chi connectivity index (χ1v) is 7.76. The predicted molar refractivity (Wildman–Crippen MR) is 67.3 cm³/mol. The first kappa shape index (κ1) is 13.4. The molecule has 0 atom stereocenters. The molecule has 0 aliphatic rings. The van der Waals surface area contributed by atoms with Crippen molar-refractivity contribution in [2.45, 2.75) is 11.8 Å². The van der Waals surface area contributed by atoms with E-state index in [9.17, 15) is 8.42 Å². The van der Waals surface area contributed by atoms with Gasteiger partial charge in [-0.2, -0.15) is 4.31 Å². The molecule has 0 radical (unpaired) electrons. The highest BCUT2D eigenvalue weighted by Gasteiger charge is 2.23. The molecule has 3 nitrogen and oxygen atoms in total. The van der Waals surface area contributed by atoms with Gasteiger partial charge in [-0.3, -0.25) is 0 Å². The summed E-state index contributed by atoms with van der Waals surface area (Å²) in [7, 11) is -1.85. The third-order valence-electron chi connectivity index (χ3n) is 1.93. The average Bonchev–Trinajstić information content (AvgIpc) is 2.46. The van der Waals surface area contributed by atoms with Crippen LogP contribution in [0.3, 0.4) is 0 Å². The van der Waals surface area contributed by atoms with Crippen LogP contribution in [0.25, 0.3) is 0 Å². The fourth-order valence-corrected chi connectivity index (χ4v) is 5.00. The number of nitrogens with zero attached hydrogens (tertiary/aromatic N) is 1. The molecule has 0 unspecified atom stereocenters. The Morgan fingerprint density at radius 2 is 2.20 bits per heavy atom. The van der Waals surface area contributed by atoms with Crippen LogP contribution in [0.5, 0.6) is 0 Å². The minimum absolute atomic E-state index is 0.292. The van der Waals surface area contributed by atoms with Gasteiger partial charge in [0.05, 0.1) is 8.68 Å². The van der Waals surface area contributed by atoms with E-state index in [0.29, 0.717) is 17.3 Å². The van der Waals surface area contributed by atoms with Crippen molar-refractivity contribution < 1.29 is 8.42 Å². The van der Waals surface area contributed by atoms with Gasteiger partial charge < -0.3 is 0 Å². The number of aryl methyl sites for hydroxylation is 1. The van der Waals surface area contributed by atoms with Crippen LogP contribution in [0.4, 0.5) is 0 Å². The molecule has 7 heteroatoms. The van der Waals surface area contributed by atoms with Gasteiger partial charge in [-0.25, -0.2) is 8.42 Å². The molecule has 0 aliphatic heterocycles. The van der Waals surface area contributed by atoms with Crippen molar-refractivity contribution in [3.63, 3.8) is 0 Å². The lowest BCUT2D eigenvalue weighted by Crippen LogP contribution is -2.28. The molecule has 0 aliphatic carbocycles. The van der Waals surface area contributed by atoms with Crippen LogP contribution in [0.15, 0.2) is 14.7 Å². The molecule has 15 heavy (non-hydrogen) atoms. The predicted octanol–water partition coefficient (Wildman–Crippen LogP) is 2.68. The van der Waals surface area contributed by atoms with Crippen molar-refractivity contribution >= 4 is 48.9 Å². The molecule has 1 aromatic rings. The topological polar surface area (TPSA) is 37.4 Å². The Balaban J connectivity index is 3.11. The highest BCUT2D eigenvalue weighted by atomic mass is 79.9. The number of hydrogen-bond donors (Lipinski definition) is 0. The molecular formula is C8H11BrClNO2S2. The molecule has 0 saturated carbocycles. The molecular weight excluding hydrogens is 322 g/mol. The second-order valence-electron chi connectivity index (χ2n) is 2.99. The molecule has 0 saturated heterocycles. The largest absolute Gasteiger partial charge is 0.243 e. The molecule has 1 rings (SSSR count). The number of thiophene rings is 1. The van der Waals surface area contributed by atoms with Gasteiger partial charge in [0.2, 0.25) is 10.0 Å². The van der Waals surface area contributed by atoms with Crippen molar-refractivity contribution in [2.24, 2.45) is 0 Å². The maximum Gasteiger partial charge on any atom is 0.243 e. The monoisotopic (exact) mass is 331 g/mol. The lowest BCUT2D eigenvalue weighted by Gasteiger charge is -2.15. The van der Waals surface area contributed by atoms with Crippen molar-refractivity contribution in [3.8, 4) is 0 Å². The SMILES string of the molecule is Cc1sc(Br)cc1S(=O)(=O)N(C)CCCl. The summed E-state index contributed by atoms with van der Waals surface area (Å²) in [5, 5.41) is 0. The summed E-state index contributed by atoms with van der Waals surface area (Å²) in [6.45, 7) is 2.10. The van der Waals surface area contributed by atoms with Crippen LogP contribution < -0.4 is 0 Å². The van der Waals surface area contributed by atoms with Crippen LogP contribution in [-0.4, -0.2) is 32.2 Å². The van der Waals surface area contributed by atoms with Crippen LogP contribution in [0.2, 0.25) is 0 Å². The normalized spacial score (nSPS) is 12.3. The number of halogens is 2. The van der Waals surface area contributed by atoms with Gasteiger partial charge in [0.25, 0.3) is 0 Å². The maximum atomic E-state index is 12.0. The minimum Gasteiger partial charge on any atom is -0.207 e. The van der Waals surface area contributed by atoms with E-state index in [-0.39, 0.29) is 0 Å². The van der Waals surface area contributed by atoms with Crippen LogP contribution >= 0.6 is 38.9 Å². The molecule has 0 amide bonds. The van der Waals surface area contributed by atoms with Crippen LogP contribution in [-0.2, 0) is 10.0 Å². The average molecular weight is 333 g/mol. The molecule has 0 bridgehead atoms. The molecule has 1 aromatic heterocycles. The zero-order valence-corrected chi connectivity index (χ0v) is 12.3. The van der Waals surface area contributed by atoms with Crippen LogP contribution in [0.1, 0.15) is 4.88 Å². The van der Waals surface area contributed by atoms with Crippen molar-refractivity contribution in [3.05, 3.63) is 14.7 Å². The van der Waals surface area contributed by atoms with Crippen molar-refractivity contribution in [1.82, 2.24) is 4.31 Å². The van der Waals surface area contributed by atoms with Gasteiger partial charge in [-0.05, 0) is 28.9 Å². The van der Waals surface area contributed by atoms with Crippen LogP contribution in [0, 0.1) is 6.92 Å². The Bertz CT molecular complexity index is 443. The molecule has 0 fully saturated rings. The third kappa shape index (κ3) is 2.94. The lowest BCUT2D eigenvalue weighted by molar-refractivity contribution is 0.487. The van der Waals surface area contributed by atoms with E-state index in [1.807, 2.05) is 0 Å². The van der Waals surface area contributed by atoms with E-state index in [1.165, 1.54) is 22.7 Å². The second-order valence-corrected chi connectivity index (χ2v) is 8.01. The Kier molecular flexibility index (Phi) is 4.61. The Hall–Kier alpha value is 0.380. The molecule has 86 valence electrons. The van der Waals surface area contributed by atoms with E-state index in [1.54, 1.807) is 13.0 Å². The summed E-state index contributed by atoms with van der Waals surface area (Å²) in [5.74, 6) is 0.292. The Morgan fingerprint density at radius 1 is 1.60 bits per heavy atom. The van der Waals surface area contributed by atoms with Gasteiger partial charge in [0.15, 0.2) is 0 Å². The fourth-order valence-electron chi connectivity index (χ4n) is 1.09. The van der Waals surface area contributed by atoms with E-state index in [2.05, 4.69) is 15.9 Å². The van der Waals surface area contributed by atoms with Gasteiger partial charge >= 0.3 is 0 Å². The minimum atomic E-state index is -3.38. The summed E-state index contributed by atoms with van der Waals surface area (Å²) in [6.07, 6.45) is 0. The number of sulfonamides is 1. The first-order valence-electron chi connectivity index (χ1n) is 4.18. The highest BCUT2D eigenvalue weighted by Crippen LogP contribution is 2.31. The zero-order valence-electron chi connectivity index (χ0n) is 8.33. The van der Waals surface area contributed by atoms with Crippen molar-refractivity contribution in [1.29, 1.82) is 0 Å². The van der Waals surface area contributed by atoms with E-state index in [4.69, 9.17) is 11.6 Å². The van der Waals surface area contributed by atoms with Gasteiger partial charge in [0, 0.05) is 24.3 Å². The lowest BCUT2D eigenvalue weighted by atomic mass is 10.5. The first-order chi connectivity index (χ1) is 6.89. The summed E-state index contributed by atoms with van der Waals surface area (Å²) >= 11 is 10.2. The van der Waals surface area contributed by atoms with Crippen molar-refractivity contribution in [2.75, 3.05) is 19.5 Å². The summed E-state index contributed by atoms with van der Waals surface area (Å²) in [6, 6.07) is 1.63. The smallest absolute Gasteiger partial charge is 0.207 e. The Morgan fingerprint density at radius 3 is 2.60 bits per heavy atom. The summed E-state index contributed by atoms with van der Waals surface area (Å²) < 4.78 is 26.1. The highest BCUT2D eigenvalue weighted by molar-refractivity contribution is 9.11. The fraction of sp³-hybridized carbons (Fsp3) is 0.500. The van der Waals surface area contributed by atoms with E-state index < -0.39 is 10.0 Å². The summed E-state index contributed by atoms with van der Waals surface area (Å²) in [4.78, 5) is 1.13. The second kappa shape index (κ2) is 5.14. The Labute approximate surface area is 107 Å². The summed E-state index contributed by atoms with van der Waals surface area (Å²) in [5.41, 5.74) is 0. The zero-order chi connectivity index (χ0) is 11.6. The quantitative estimate of drug-likeness (QED) is 0.795. The van der Waals surface area contributed by atoms with Gasteiger partial charge in [0.1, 0.15) is 0 Å². The molecule has 0 spiro atoms. The number of rotatable bonds is 4. The molecule has 0 aromatic carbocycles. The van der Waals surface area contributed by atoms with Gasteiger partial charge in [-0.1, -0.05) is 0 Å². The maximum absolute atomic E-state index is 12.0. The van der Waals surface area contributed by atoms with E-state index >= 15 is 0 Å².